The molecule has 1 aromatic carbocycles. The highest BCUT2D eigenvalue weighted by Crippen LogP contribution is 2.23. The summed E-state index contributed by atoms with van der Waals surface area (Å²) in [5.41, 5.74) is 0.121. The van der Waals surface area contributed by atoms with Crippen LogP contribution < -0.4 is 10.7 Å². The molecule has 2 amide bonds. The summed E-state index contributed by atoms with van der Waals surface area (Å²) in [5.74, 6) is 0.138. The lowest BCUT2D eigenvalue weighted by Crippen LogP contribution is -2.37. The van der Waals surface area contributed by atoms with Crippen LogP contribution in [0.15, 0.2) is 52.0 Å². The average molecular weight is 492 g/mol. The first-order chi connectivity index (χ1) is 17.3. The summed E-state index contributed by atoms with van der Waals surface area (Å²) in [6.45, 7) is 4.42. The fourth-order valence-electron chi connectivity index (χ4n) is 4.44. The third kappa shape index (κ3) is 5.90. The van der Waals surface area contributed by atoms with Gasteiger partial charge in [-0.25, -0.2) is 0 Å². The number of aromatic nitrogens is 3. The Labute approximate surface area is 210 Å². The zero-order chi connectivity index (χ0) is 25.7. The van der Waals surface area contributed by atoms with Crippen LogP contribution in [-0.4, -0.2) is 45.0 Å². The van der Waals surface area contributed by atoms with Gasteiger partial charge in [-0.1, -0.05) is 54.8 Å². The lowest BCUT2D eigenvalue weighted by molar-refractivity contribution is 0.0767. The van der Waals surface area contributed by atoms with Crippen molar-refractivity contribution in [3.63, 3.8) is 0 Å². The van der Waals surface area contributed by atoms with Crippen molar-refractivity contribution in [2.75, 3.05) is 13.6 Å². The van der Waals surface area contributed by atoms with Gasteiger partial charge in [-0.05, 0) is 32.6 Å². The zero-order valence-corrected chi connectivity index (χ0v) is 21.1. The number of amides is 2. The lowest BCUT2D eigenvalue weighted by Gasteiger charge is -2.22. The molecule has 1 fully saturated rings. The van der Waals surface area contributed by atoms with E-state index in [1.165, 1.54) is 36.6 Å². The van der Waals surface area contributed by atoms with Gasteiger partial charge < -0.3 is 19.3 Å². The molecule has 0 aliphatic heterocycles. The number of nitrogens with one attached hydrogen (secondary N) is 1. The first kappa shape index (κ1) is 25.3. The van der Waals surface area contributed by atoms with Gasteiger partial charge in [0.15, 0.2) is 0 Å². The van der Waals surface area contributed by atoms with Crippen LogP contribution >= 0.6 is 0 Å². The molecule has 2 heterocycles. The van der Waals surface area contributed by atoms with Gasteiger partial charge >= 0.3 is 0 Å². The summed E-state index contributed by atoms with van der Waals surface area (Å²) in [5, 5.41) is 6.90. The molecule has 1 aliphatic carbocycles. The number of rotatable bonds is 8. The highest BCUT2D eigenvalue weighted by Gasteiger charge is 2.24. The maximum atomic E-state index is 13.3. The van der Waals surface area contributed by atoms with Crippen LogP contribution in [0.5, 0.6) is 0 Å². The summed E-state index contributed by atoms with van der Waals surface area (Å²) >= 11 is 0. The van der Waals surface area contributed by atoms with Crippen LogP contribution in [0.1, 0.15) is 78.6 Å². The van der Waals surface area contributed by atoms with Gasteiger partial charge in [-0.3, -0.25) is 14.4 Å². The molecule has 190 valence electrons. The molecule has 1 saturated carbocycles. The van der Waals surface area contributed by atoms with Crippen molar-refractivity contribution in [2.24, 2.45) is 5.92 Å². The zero-order valence-electron chi connectivity index (χ0n) is 21.1. The molecular weight excluding hydrogens is 458 g/mol. The highest BCUT2D eigenvalue weighted by molar-refractivity contribution is 5.99. The Bertz CT molecular complexity index is 1260. The monoisotopic (exact) mass is 491 g/mol. The maximum Gasteiger partial charge on any atom is 0.259 e. The molecule has 0 radical (unpaired) electrons. The molecule has 0 saturated heterocycles. The standard InChI is InChI=1S/C27H33N5O4/c1-18(2)32-15-21(26(34)28-14-19-10-6-4-7-11-19)24(33)22(16-32)27(35)31(3)17-23-29-25(30-36-23)20-12-8-5-9-13-20/h5,8-9,12-13,15-16,18-19H,4,6-7,10-11,14,17H2,1-3H3,(H,28,34). The number of hydrogen-bond acceptors (Lipinski definition) is 6. The Balaban J connectivity index is 1.52. The minimum Gasteiger partial charge on any atom is -0.352 e. The Morgan fingerprint density at radius 2 is 1.81 bits per heavy atom. The Kier molecular flexibility index (Phi) is 7.97. The van der Waals surface area contributed by atoms with Gasteiger partial charge in [-0.2, -0.15) is 4.98 Å². The normalized spacial score (nSPS) is 14.1. The summed E-state index contributed by atoms with van der Waals surface area (Å²) in [7, 11) is 1.56. The topological polar surface area (TPSA) is 110 Å². The minimum atomic E-state index is -0.583. The first-order valence-corrected chi connectivity index (χ1v) is 12.5. The molecule has 3 aromatic rings. The minimum absolute atomic E-state index is 0.0251. The first-order valence-electron chi connectivity index (χ1n) is 12.5. The second-order valence-corrected chi connectivity index (χ2v) is 9.71. The van der Waals surface area contributed by atoms with E-state index in [2.05, 4.69) is 15.5 Å². The molecule has 2 aromatic heterocycles. The number of carbonyl (C=O) groups is 2. The molecule has 9 nitrogen and oxygen atoms in total. The van der Waals surface area contributed by atoms with E-state index < -0.39 is 17.2 Å². The molecule has 0 spiro atoms. The molecule has 36 heavy (non-hydrogen) atoms. The number of pyridine rings is 1. The smallest absolute Gasteiger partial charge is 0.259 e. The van der Waals surface area contributed by atoms with Gasteiger partial charge in [0.05, 0.1) is 0 Å². The van der Waals surface area contributed by atoms with E-state index in [1.807, 2.05) is 44.2 Å². The highest BCUT2D eigenvalue weighted by atomic mass is 16.5. The third-order valence-corrected chi connectivity index (χ3v) is 6.61. The second kappa shape index (κ2) is 11.3. The van der Waals surface area contributed by atoms with E-state index >= 15 is 0 Å². The summed E-state index contributed by atoms with van der Waals surface area (Å²) in [6, 6.07) is 9.33. The Hall–Kier alpha value is -3.75. The number of hydrogen-bond donors (Lipinski definition) is 1. The predicted molar refractivity (Wildman–Crippen MR) is 136 cm³/mol. The molecule has 9 heteroatoms. The van der Waals surface area contributed by atoms with E-state index in [0.717, 1.165) is 18.4 Å². The fourth-order valence-corrected chi connectivity index (χ4v) is 4.44. The van der Waals surface area contributed by atoms with Gasteiger partial charge in [0, 0.05) is 37.6 Å². The largest absolute Gasteiger partial charge is 0.352 e. The fraction of sp³-hybridized carbons (Fsp3) is 0.444. The van der Waals surface area contributed by atoms with Crippen molar-refractivity contribution in [2.45, 2.75) is 58.5 Å². The van der Waals surface area contributed by atoms with Gasteiger partial charge in [-0.15, -0.1) is 0 Å². The quantitative estimate of drug-likeness (QED) is 0.509. The summed E-state index contributed by atoms with van der Waals surface area (Å²) in [6.07, 6.45) is 8.78. The number of carbonyl (C=O) groups excluding carboxylic acids is 2. The van der Waals surface area contributed by atoms with E-state index in [0.29, 0.717) is 18.3 Å². The Morgan fingerprint density at radius 3 is 2.50 bits per heavy atom. The van der Waals surface area contributed by atoms with Crippen molar-refractivity contribution < 1.29 is 14.1 Å². The number of benzene rings is 1. The molecular formula is C27H33N5O4. The molecule has 1 N–H and O–H groups in total. The van der Waals surface area contributed by atoms with Crippen LogP contribution in [0.3, 0.4) is 0 Å². The molecule has 1 aliphatic rings. The van der Waals surface area contributed by atoms with Crippen molar-refractivity contribution in [3.8, 4) is 11.4 Å². The van der Waals surface area contributed by atoms with Crippen molar-refractivity contribution in [3.05, 3.63) is 70.0 Å². The van der Waals surface area contributed by atoms with Crippen molar-refractivity contribution >= 4 is 11.8 Å². The van der Waals surface area contributed by atoms with E-state index in [9.17, 15) is 14.4 Å². The molecule has 0 unspecified atom stereocenters. The molecule has 0 atom stereocenters. The van der Waals surface area contributed by atoms with Crippen LogP contribution in [0.25, 0.3) is 11.4 Å². The SMILES string of the molecule is CC(C)n1cc(C(=O)NCC2CCCCC2)c(=O)c(C(=O)N(C)Cc2nc(-c3ccccc3)no2)c1. The van der Waals surface area contributed by atoms with E-state index in [1.54, 1.807) is 11.6 Å². The van der Waals surface area contributed by atoms with Crippen molar-refractivity contribution in [1.82, 2.24) is 24.9 Å². The Morgan fingerprint density at radius 1 is 1.11 bits per heavy atom. The predicted octanol–water partition coefficient (Wildman–Crippen LogP) is 4.06. The van der Waals surface area contributed by atoms with E-state index in [-0.39, 0.29) is 29.6 Å². The number of nitrogens with zero attached hydrogens (tertiary/aromatic N) is 4. The van der Waals surface area contributed by atoms with Crippen LogP contribution in [0, 0.1) is 5.92 Å². The summed E-state index contributed by atoms with van der Waals surface area (Å²) in [4.78, 5) is 45.2. The average Bonchev–Trinajstić information content (AvgIpc) is 3.36. The second-order valence-electron chi connectivity index (χ2n) is 9.71. The van der Waals surface area contributed by atoms with Crippen LogP contribution in [0.4, 0.5) is 0 Å². The van der Waals surface area contributed by atoms with E-state index in [4.69, 9.17) is 4.52 Å². The third-order valence-electron chi connectivity index (χ3n) is 6.61. The van der Waals surface area contributed by atoms with Crippen LogP contribution in [-0.2, 0) is 6.54 Å². The molecule has 0 bridgehead atoms. The van der Waals surface area contributed by atoms with Crippen LogP contribution in [0.2, 0.25) is 0 Å². The van der Waals surface area contributed by atoms with Gasteiger partial charge in [0.1, 0.15) is 17.7 Å². The van der Waals surface area contributed by atoms with Gasteiger partial charge in [0.25, 0.3) is 11.8 Å². The lowest BCUT2D eigenvalue weighted by atomic mass is 9.89. The summed E-state index contributed by atoms with van der Waals surface area (Å²) < 4.78 is 7.04. The van der Waals surface area contributed by atoms with Crippen molar-refractivity contribution in [1.29, 1.82) is 0 Å². The maximum absolute atomic E-state index is 13.3. The van der Waals surface area contributed by atoms with Gasteiger partial charge in [0.2, 0.25) is 17.1 Å². The molecule has 4 rings (SSSR count).